The van der Waals surface area contributed by atoms with Gasteiger partial charge in [-0.1, -0.05) is 30.3 Å². The maximum atomic E-state index is 10.4. The zero-order valence-corrected chi connectivity index (χ0v) is 6.60. The van der Waals surface area contributed by atoms with Crippen molar-refractivity contribution in [3.8, 4) is 0 Å². The van der Waals surface area contributed by atoms with Gasteiger partial charge < -0.3 is 5.11 Å². The predicted molar refractivity (Wildman–Crippen MR) is 47.0 cm³/mol. The highest BCUT2D eigenvalue weighted by Gasteiger charge is 1.96. The van der Waals surface area contributed by atoms with E-state index in [0.717, 1.165) is 5.56 Å². The summed E-state index contributed by atoms with van der Waals surface area (Å²) >= 11 is 0. The van der Waals surface area contributed by atoms with Crippen LogP contribution in [-0.2, 0) is 11.2 Å². The van der Waals surface area contributed by atoms with Crippen LogP contribution in [0.25, 0.3) is 0 Å². The van der Waals surface area contributed by atoms with Crippen LogP contribution in [0.4, 0.5) is 0 Å². The van der Waals surface area contributed by atoms with Crippen LogP contribution in [0.3, 0.4) is 0 Å². The summed E-state index contributed by atoms with van der Waals surface area (Å²) in [5.41, 5.74) is 0.894. The second kappa shape index (κ2) is 4.54. The lowest BCUT2D eigenvalue weighted by molar-refractivity contribution is -0.137. The Morgan fingerprint density at radius 2 is 2.08 bits per heavy atom. The van der Waals surface area contributed by atoms with Gasteiger partial charge in [0.25, 0.3) is 0 Å². The van der Waals surface area contributed by atoms with E-state index in [1.54, 1.807) is 0 Å². The summed E-state index contributed by atoms with van der Waals surface area (Å²) in [5.74, 6) is -1.24. The van der Waals surface area contributed by atoms with Gasteiger partial charge in [-0.3, -0.25) is 4.79 Å². The monoisotopic (exact) mass is 166 g/mol. The fraction of sp³-hybridized carbons (Fsp3) is 0.300. The third kappa shape index (κ3) is 3.19. The van der Waals surface area contributed by atoms with Gasteiger partial charge in [0.05, 0.1) is 0 Å². The Balaban J connectivity index is 2.57. The van der Waals surface area contributed by atoms with E-state index >= 15 is 0 Å². The Morgan fingerprint density at radius 3 is 2.67 bits per heavy atom. The van der Waals surface area contributed by atoms with Crippen molar-refractivity contribution in [2.75, 3.05) is 0 Å². The second-order valence-electron chi connectivity index (χ2n) is 2.43. The van der Waals surface area contributed by atoms with Crippen molar-refractivity contribution >= 4 is 5.97 Å². The normalized spacial score (nSPS) is 17.3. The highest BCUT2D eigenvalue weighted by atomic mass is 16.4. The summed E-state index contributed by atoms with van der Waals surface area (Å²) in [4.78, 5) is 10.4. The number of rotatable bonds is 4. The number of aliphatic carboxylic acids is 1. The molecule has 2 nitrogen and oxygen atoms in total. The Morgan fingerprint density at radius 1 is 1.42 bits per heavy atom. The Hall–Kier alpha value is -1.31. The molecular formula is C10H12O2. The summed E-state index contributed by atoms with van der Waals surface area (Å²) in [6.45, 7) is 0. The first-order valence-corrected chi connectivity index (χ1v) is 3.72. The number of carboxylic acid groups (broad SMARTS) is 1. The van der Waals surface area contributed by atoms with Gasteiger partial charge in [0.15, 0.2) is 0 Å². The van der Waals surface area contributed by atoms with E-state index in [4.69, 9.17) is 7.85 Å². The zero-order valence-electron chi connectivity index (χ0n) is 8.60. The SMILES string of the molecule is [2H]C(Cc1ccccc1)C([2H])C(=O)O. The maximum Gasteiger partial charge on any atom is 0.303 e. The number of benzene rings is 1. The van der Waals surface area contributed by atoms with Crippen LogP contribution in [0.5, 0.6) is 0 Å². The molecule has 0 saturated heterocycles. The molecule has 1 aromatic rings. The van der Waals surface area contributed by atoms with E-state index in [1.807, 2.05) is 30.3 Å². The molecule has 2 heteroatoms. The van der Waals surface area contributed by atoms with Crippen molar-refractivity contribution < 1.29 is 12.6 Å². The van der Waals surface area contributed by atoms with Crippen LogP contribution in [0.1, 0.15) is 21.1 Å². The number of aryl methyl sites for hydroxylation is 1. The molecule has 0 aliphatic rings. The van der Waals surface area contributed by atoms with Crippen molar-refractivity contribution in [1.82, 2.24) is 0 Å². The molecule has 0 aromatic heterocycles. The molecule has 0 aliphatic heterocycles. The average Bonchev–Trinajstić information content (AvgIpc) is 2.18. The largest absolute Gasteiger partial charge is 0.481 e. The van der Waals surface area contributed by atoms with E-state index in [9.17, 15) is 4.79 Å². The van der Waals surface area contributed by atoms with Gasteiger partial charge in [-0.2, -0.15) is 0 Å². The van der Waals surface area contributed by atoms with Gasteiger partial charge in [-0.25, -0.2) is 0 Å². The molecule has 12 heavy (non-hydrogen) atoms. The molecule has 0 bridgehead atoms. The summed E-state index contributed by atoms with van der Waals surface area (Å²) in [6, 6.07) is 9.19. The second-order valence-corrected chi connectivity index (χ2v) is 2.43. The minimum absolute atomic E-state index is 0.307. The van der Waals surface area contributed by atoms with Gasteiger partial charge in [0, 0.05) is 9.14 Å². The third-order valence-corrected chi connectivity index (χ3v) is 1.46. The van der Waals surface area contributed by atoms with Crippen molar-refractivity contribution in [2.24, 2.45) is 0 Å². The van der Waals surface area contributed by atoms with Crippen LogP contribution in [0.15, 0.2) is 30.3 Å². The molecule has 0 amide bonds. The van der Waals surface area contributed by atoms with Crippen LogP contribution in [0.2, 0.25) is 0 Å². The average molecular weight is 166 g/mol. The molecule has 0 aliphatic carbocycles. The van der Waals surface area contributed by atoms with Crippen molar-refractivity contribution in [3.63, 3.8) is 0 Å². The lowest BCUT2D eigenvalue weighted by Gasteiger charge is -1.97. The van der Waals surface area contributed by atoms with Crippen molar-refractivity contribution in [3.05, 3.63) is 35.9 Å². The molecule has 64 valence electrons. The van der Waals surface area contributed by atoms with E-state index in [1.165, 1.54) is 0 Å². The maximum absolute atomic E-state index is 10.4. The number of carboxylic acids is 1. The van der Waals surface area contributed by atoms with Gasteiger partial charge in [-0.05, 0) is 18.4 Å². The zero-order chi connectivity index (χ0) is 10.6. The summed E-state index contributed by atoms with van der Waals surface area (Å²) in [5, 5.41) is 8.52. The first-order chi connectivity index (χ1) is 6.61. The molecule has 1 N–H and O–H groups in total. The number of hydrogen-bond donors (Lipinski definition) is 1. The molecular weight excluding hydrogens is 152 g/mol. The molecule has 0 spiro atoms. The van der Waals surface area contributed by atoms with Crippen molar-refractivity contribution in [2.45, 2.75) is 19.2 Å². The van der Waals surface area contributed by atoms with E-state index in [-0.39, 0.29) is 0 Å². The Kier molecular flexibility index (Phi) is 2.36. The molecule has 1 rings (SSSR count). The van der Waals surface area contributed by atoms with Crippen LogP contribution in [0, 0.1) is 0 Å². The van der Waals surface area contributed by atoms with Crippen LogP contribution in [-0.4, -0.2) is 11.1 Å². The first-order valence-electron chi connectivity index (χ1n) is 4.88. The summed E-state index contributed by atoms with van der Waals surface area (Å²) < 4.78 is 14.7. The van der Waals surface area contributed by atoms with Crippen LogP contribution >= 0.6 is 0 Å². The molecule has 2 atom stereocenters. The topological polar surface area (TPSA) is 37.3 Å². The van der Waals surface area contributed by atoms with Gasteiger partial charge in [0.2, 0.25) is 0 Å². The molecule has 0 radical (unpaired) electrons. The fourth-order valence-electron chi connectivity index (χ4n) is 0.910. The van der Waals surface area contributed by atoms with E-state index in [0.29, 0.717) is 6.42 Å². The van der Waals surface area contributed by atoms with Gasteiger partial charge in [0.1, 0.15) is 0 Å². The lowest BCUT2D eigenvalue weighted by atomic mass is 10.1. The first kappa shape index (κ1) is 6.23. The lowest BCUT2D eigenvalue weighted by Crippen LogP contribution is -1.95. The third-order valence-electron chi connectivity index (χ3n) is 1.46. The molecule has 0 saturated carbocycles. The molecule has 0 heterocycles. The highest BCUT2D eigenvalue weighted by molar-refractivity contribution is 5.66. The Bertz CT molecular complexity index is 300. The standard InChI is InChI=1S/C10H12O2/c11-10(12)8-4-7-9-5-2-1-3-6-9/h1-3,5-6H,4,7-8H2,(H,11,12)/i4D,8D. The Labute approximate surface area is 74.7 Å². The molecule has 2 unspecified atom stereocenters. The van der Waals surface area contributed by atoms with Crippen molar-refractivity contribution in [1.29, 1.82) is 0 Å². The quantitative estimate of drug-likeness (QED) is 0.743. The minimum atomic E-state index is -1.37. The van der Waals surface area contributed by atoms with Gasteiger partial charge >= 0.3 is 5.97 Å². The van der Waals surface area contributed by atoms with E-state index < -0.39 is 18.8 Å². The number of carbonyl (C=O) groups is 1. The highest BCUT2D eigenvalue weighted by Crippen LogP contribution is 2.03. The predicted octanol–water partition coefficient (Wildman–Crippen LogP) is 2.09. The fourth-order valence-corrected chi connectivity index (χ4v) is 0.910. The van der Waals surface area contributed by atoms with Gasteiger partial charge in [-0.15, -0.1) is 0 Å². The number of hydrogen-bond acceptors (Lipinski definition) is 1. The molecule has 1 aromatic carbocycles. The summed E-state index contributed by atoms with van der Waals surface area (Å²) in [6.07, 6.45) is -1.97. The smallest absolute Gasteiger partial charge is 0.303 e. The van der Waals surface area contributed by atoms with E-state index in [2.05, 4.69) is 0 Å². The minimum Gasteiger partial charge on any atom is -0.481 e. The molecule has 0 fully saturated rings. The summed E-state index contributed by atoms with van der Waals surface area (Å²) in [7, 11) is 0. The van der Waals surface area contributed by atoms with Crippen LogP contribution < -0.4 is 0 Å².